The lowest BCUT2D eigenvalue weighted by Gasteiger charge is -2.63. The molecule has 0 radical (unpaired) electrons. The van der Waals surface area contributed by atoms with Crippen molar-refractivity contribution in [3.05, 3.63) is 87.9 Å². The standard InChI is InChI=1S/C44H48ClN7O7/c1-43(2)41(44(3,4)42(43)59-31-10-7-27(23-46)34(45)22-31)48-37(54)26-5-8-28(9-6-26)50-15-17-51(18-16-50)29-24-49(25-29)19-20-58-30-11-12-32-33(21-30)40(57)52(39(32)56)35-13-14-36(53)47-38(35)55/h5-12,21-22,29,35,41-42H,13-20,24-25H2,1-4H3,(H,48,54)(H,47,53,55). The quantitative estimate of drug-likeness (QED) is 0.268. The average molecular weight is 822 g/mol. The summed E-state index contributed by atoms with van der Waals surface area (Å²) < 4.78 is 12.3. The lowest BCUT2D eigenvalue weighted by atomic mass is 9.49. The number of ether oxygens (including phenoxy) is 2. The van der Waals surface area contributed by atoms with E-state index < -0.39 is 29.7 Å². The van der Waals surface area contributed by atoms with E-state index in [1.165, 1.54) is 0 Å². The third-order valence-corrected chi connectivity index (χ3v) is 13.1. The fourth-order valence-corrected chi connectivity index (χ4v) is 9.98. The first-order valence-electron chi connectivity index (χ1n) is 20.1. The Morgan fingerprint density at radius 2 is 1.58 bits per heavy atom. The molecule has 59 heavy (non-hydrogen) atoms. The van der Waals surface area contributed by atoms with Crippen molar-refractivity contribution in [2.75, 3.05) is 57.3 Å². The van der Waals surface area contributed by atoms with Gasteiger partial charge in [0.2, 0.25) is 11.8 Å². The van der Waals surface area contributed by atoms with Crippen molar-refractivity contribution < 1.29 is 33.4 Å². The van der Waals surface area contributed by atoms with E-state index in [1.54, 1.807) is 36.4 Å². The first-order chi connectivity index (χ1) is 28.1. The summed E-state index contributed by atoms with van der Waals surface area (Å²) in [7, 11) is 0. The summed E-state index contributed by atoms with van der Waals surface area (Å²) in [6, 6.07) is 19.1. The van der Waals surface area contributed by atoms with Gasteiger partial charge in [0.15, 0.2) is 0 Å². The van der Waals surface area contributed by atoms with Crippen molar-refractivity contribution in [1.82, 2.24) is 25.3 Å². The molecule has 1 atom stereocenters. The molecule has 14 nitrogen and oxygen atoms in total. The molecule has 4 aliphatic heterocycles. The highest BCUT2D eigenvalue weighted by Crippen LogP contribution is 2.55. The van der Waals surface area contributed by atoms with Gasteiger partial charge in [-0.05, 0) is 61.0 Å². The van der Waals surface area contributed by atoms with Crippen LogP contribution in [0.3, 0.4) is 0 Å². The van der Waals surface area contributed by atoms with Gasteiger partial charge in [-0.25, -0.2) is 0 Å². The van der Waals surface area contributed by atoms with Crippen molar-refractivity contribution in [2.24, 2.45) is 10.8 Å². The molecule has 0 bridgehead atoms. The molecule has 3 saturated heterocycles. The van der Waals surface area contributed by atoms with Crippen LogP contribution in [-0.4, -0.2) is 121 Å². The van der Waals surface area contributed by atoms with Crippen molar-refractivity contribution >= 4 is 46.8 Å². The molecule has 2 N–H and O–H groups in total. The maximum Gasteiger partial charge on any atom is 0.262 e. The van der Waals surface area contributed by atoms with Crippen molar-refractivity contribution in [3.8, 4) is 17.6 Å². The fourth-order valence-electron chi connectivity index (χ4n) is 9.77. The number of benzene rings is 3. The number of carbonyl (C=O) groups is 5. The molecule has 1 unspecified atom stereocenters. The first-order valence-corrected chi connectivity index (χ1v) is 20.5. The predicted octanol–water partition coefficient (Wildman–Crippen LogP) is 4.11. The third-order valence-electron chi connectivity index (χ3n) is 12.8. The van der Waals surface area contributed by atoms with Crippen LogP contribution >= 0.6 is 11.6 Å². The van der Waals surface area contributed by atoms with E-state index in [0.717, 1.165) is 56.4 Å². The Hall–Kier alpha value is -5.49. The number of nitriles is 1. The summed E-state index contributed by atoms with van der Waals surface area (Å²) in [5, 5.41) is 15.0. The minimum absolute atomic E-state index is 0.0722. The molecule has 15 heteroatoms. The Labute approximate surface area is 348 Å². The van der Waals surface area contributed by atoms with Gasteiger partial charge in [0.25, 0.3) is 17.7 Å². The van der Waals surface area contributed by atoms with Crippen LogP contribution in [0.2, 0.25) is 5.02 Å². The number of carbonyl (C=O) groups excluding carboxylic acids is 5. The SMILES string of the molecule is CC1(C)C(NC(=O)c2ccc(N3CCN(C4CN(CCOc5ccc6c(c5)C(=O)N(C5CCC(=O)NC5=O)C6=O)C4)CC3)cc2)C(C)(C)C1Oc1ccc(C#N)c(Cl)c1. The van der Waals surface area contributed by atoms with Crippen molar-refractivity contribution in [3.63, 3.8) is 0 Å². The maximum atomic E-state index is 13.5. The van der Waals surface area contributed by atoms with E-state index in [0.29, 0.717) is 40.3 Å². The zero-order chi connectivity index (χ0) is 41.8. The highest BCUT2D eigenvalue weighted by Gasteiger charge is 2.64. The number of amides is 5. The Morgan fingerprint density at radius 3 is 2.24 bits per heavy atom. The van der Waals surface area contributed by atoms with E-state index in [9.17, 15) is 29.2 Å². The summed E-state index contributed by atoms with van der Waals surface area (Å²) >= 11 is 6.25. The van der Waals surface area contributed by atoms with Crippen LogP contribution in [0.5, 0.6) is 11.5 Å². The number of anilines is 1. The number of piperazine rings is 1. The summed E-state index contributed by atoms with van der Waals surface area (Å²) in [6.45, 7) is 15.1. The van der Waals surface area contributed by atoms with Gasteiger partial charge in [-0.2, -0.15) is 5.26 Å². The molecule has 8 rings (SSSR count). The van der Waals surface area contributed by atoms with Crippen molar-refractivity contribution in [2.45, 2.75) is 64.8 Å². The average Bonchev–Trinajstić information content (AvgIpc) is 3.44. The summed E-state index contributed by atoms with van der Waals surface area (Å²) in [6.07, 6.45) is -0.0000472. The molecule has 5 amide bonds. The van der Waals surface area contributed by atoms with Gasteiger partial charge in [0.1, 0.15) is 36.3 Å². The summed E-state index contributed by atoms with van der Waals surface area (Å²) in [5.74, 6) is -1.18. The van der Waals surface area contributed by atoms with Gasteiger partial charge >= 0.3 is 0 Å². The highest BCUT2D eigenvalue weighted by molar-refractivity contribution is 6.31. The molecule has 1 aliphatic carbocycles. The molecule has 4 heterocycles. The van der Waals surface area contributed by atoms with Crippen LogP contribution in [-0.2, 0) is 9.59 Å². The number of likely N-dealkylation sites (tertiary alicyclic amines) is 1. The maximum absolute atomic E-state index is 13.5. The van der Waals surface area contributed by atoms with Crippen LogP contribution < -0.4 is 25.0 Å². The molecular formula is C44H48ClN7O7. The number of piperidine rings is 1. The highest BCUT2D eigenvalue weighted by atomic mass is 35.5. The van der Waals surface area contributed by atoms with E-state index >= 15 is 0 Å². The van der Waals surface area contributed by atoms with Gasteiger partial charge < -0.3 is 19.7 Å². The molecule has 4 fully saturated rings. The normalized spacial score (nSPS) is 24.1. The largest absolute Gasteiger partial charge is 0.492 e. The first kappa shape index (κ1) is 40.3. The molecule has 0 spiro atoms. The Kier molecular flexibility index (Phi) is 10.7. The lowest BCUT2D eigenvalue weighted by Crippen LogP contribution is -2.74. The minimum atomic E-state index is -1.00. The Morgan fingerprint density at radius 1 is 0.898 bits per heavy atom. The second-order valence-corrected chi connectivity index (χ2v) is 17.7. The van der Waals surface area contributed by atoms with E-state index in [1.807, 2.05) is 24.3 Å². The second-order valence-electron chi connectivity index (χ2n) is 17.3. The fraction of sp³-hybridized carbons (Fsp3) is 0.455. The van der Waals surface area contributed by atoms with Crippen LogP contribution in [0.4, 0.5) is 5.69 Å². The van der Waals surface area contributed by atoms with Gasteiger partial charge in [0, 0.05) is 92.5 Å². The van der Waals surface area contributed by atoms with Crippen LogP contribution in [0, 0.1) is 22.2 Å². The zero-order valence-corrected chi connectivity index (χ0v) is 34.4. The number of hydrogen-bond donors (Lipinski definition) is 2. The number of nitrogens with zero attached hydrogens (tertiary/aromatic N) is 5. The van der Waals surface area contributed by atoms with E-state index in [2.05, 4.69) is 59.1 Å². The predicted molar refractivity (Wildman–Crippen MR) is 218 cm³/mol. The van der Waals surface area contributed by atoms with Crippen LogP contribution in [0.25, 0.3) is 0 Å². The van der Waals surface area contributed by atoms with Gasteiger partial charge in [-0.15, -0.1) is 0 Å². The van der Waals surface area contributed by atoms with E-state index in [4.69, 9.17) is 21.1 Å². The Bertz CT molecular complexity index is 2230. The third kappa shape index (κ3) is 7.52. The second kappa shape index (κ2) is 15.6. The molecule has 5 aliphatic rings. The molecule has 0 aromatic heterocycles. The number of hydrogen-bond acceptors (Lipinski definition) is 11. The molecule has 308 valence electrons. The summed E-state index contributed by atoms with van der Waals surface area (Å²) in [4.78, 5) is 71.7. The summed E-state index contributed by atoms with van der Waals surface area (Å²) in [5.41, 5.74) is 1.82. The number of nitrogens with one attached hydrogen (secondary N) is 2. The zero-order valence-electron chi connectivity index (χ0n) is 33.6. The smallest absolute Gasteiger partial charge is 0.262 e. The topological polar surface area (TPSA) is 165 Å². The minimum Gasteiger partial charge on any atom is -0.492 e. The number of fused-ring (bicyclic) bond motifs is 1. The van der Waals surface area contributed by atoms with Gasteiger partial charge in [-0.1, -0.05) is 39.3 Å². The number of rotatable bonds is 11. The molecule has 1 saturated carbocycles. The Balaban J connectivity index is 0.758. The molecular weight excluding hydrogens is 774 g/mol. The number of imide groups is 2. The van der Waals surface area contributed by atoms with Gasteiger partial charge in [-0.3, -0.25) is 44.0 Å². The monoisotopic (exact) mass is 821 g/mol. The van der Waals surface area contributed by atoms with Gasteiger partial charge in [0.05, 0.1) is 21.7 Å². The van der Waals surface area contributed by atoms with Crippen molar-refractivity contribution in [1.29, 1.82) is 5.26 Å². The molecule has 3 aromatic rings. The lowest BCUT2D eigenvalue weighted by molar-refractivity contribution is -0.164. The van der Waals surface area contributed by atoms with Crippen LogP contribution in [0.15, 0.2) is 60.7 Å². The van der Waals surface area contributed by atoms with Crippen LogP contribution in [0.1, 0.15) is 77.2 Å². The number of halogens is 1. The molecule has 3 aromatic carbocycles. The van der Waals surface area contributed by atoms with E-state index in [-0.39, 0.29) is 52.9 Å².